The molecule has 1 rings (SSSR count). The second-order valence-corrected chi connectivity index (χ2v) is 7.29. The SMILES string of the molecule is CC1CC(C(C)(C)CBr)CC(C)(C)C1. The van der Waals surface area contributed by atoms with Crippen LogP contribution < -0.4 is 0 Å². The van der Waals surface area contributed by atoms with Gasteiger partial charge in [0.2, 0.25) is 0 Å². The van der Waals surface area contributed by atoms with Crippen LogP contribution in [-0.4, -0.2) is 5.33 Å². The molecule has 1 heteroatoms. The van der Waals surface area contributed by atoms with Crippen molar-refractivity contribution in [3.05, 3.63) is 0 Å². The van der Waals surface area contributed by atoms with E-state index < -0.39 is 0 Å². The molecule has 0 bridgehead atoms. The van der Waals surface area contributed by atoms with E-state index in [1.165, 1.54) is 19.3 Å². The van der Waals surface area contributed by atoms with Gasteiger partial charge >= 0.3 is 0 Å². The van der Waals surface area contributed by atoms with Crippen molar-refractivity contribution in [2.24, 2.45) is 22.7 Å². The summed E-state index contributed by atoms with van der Waals surface area (Å²) in [5.41, 5.74) is 1.02. The summed E-state index contributed by atoms with van der Waals surface area (Å²) >= 11 is 3.66. The van der Waals surface area contributed by atoms with Crippen molar-refractivity contribution < 1.29 is 0 Å². The van der Waals surface area contributed by atoms with E-state index in [1.54, 1.807) is 0 Å². The lowest BCUT2D eigenvalue weighted by Gasteiger charge is -2.45. The standard InChI is InChI=1S/C13H25Br/c1-10-6-11(13(4,5)9-14)8-12(2,3)7-10/h10-11H,6-9H2,1-5H3. The molecule has 1 fully saturated rings. The number of alkyl halides is 1. The second-order valence-electron chi connectivity index (χ2n) is 6.73. The Labute approximate surface area is 98.0 Å². The Kier molecular flexibility index (Phi) is 3.72. The molecule has 2 atom stereocenters. The molecule has 0 aromatic rings. The molecule has 0 radical (unpaired) electrons. The van der Waals surface area contributed by atoms with Crippen LogP contribution in [0.3, 0.4) is 0 Å². The van der Waals surface area contributed by atoms with Crippen LogP contribution in [0.25, 0.3) is 0 Å². The molecule has 2 unspecified atom stereocenters. The van der Waals surface area contributed by atoms with E-state index in [0.717, 1.165) is 17.2 Å². The molecule has 1 aliphatic rings. The third-order valence-electron chi connectivity index (χ3n) is 3.84. The van der Waals surface area contributed by atoms with Gasteiger partial charge in [0.1, 0.15) is 0 Å². The molecule has 14 heavy (non-hydrogen) atoms. The van der Waals surface area contributed by atoms with Crippen LogP contribution in [0.5, 0.6) is 0 Å². The number of hydrogen-bond donors (Lipinski definition) is 0. The Balaban J connectivity index is 2.71. The number of halogens is 1. The third kappa shape index (κ3) is 2.98. The highest BCUT2D eigenvalue weighted by Gasteiger charge is 2.38. The molecule has 0 aromatic heterocycles. The van der Waals surface area contributed by atoms with Crippen molar-refractivity contribution in [2.75, 3.05) is 5.33 Å². The first-order valence-corrected chi connectivity index (χ1v) is 6.95. The summed E-state index contributed by atoms with van der Waals surface area (Å²) in [5.74, 6) is 1.79. The molecule has 0 saturated heterocycles. The van der Waals surface area contributed by atoms with Gasteiger partial charge in [-0.15, -0.1) is 0 Å². The van der Waals surface area contributed by atoms with Crippen LogP contribution >= 0.6 is 15.9 Å². The molecule has 84 valence electrons. The summed E-state index contributed by atoms with van der Waals surface area (Å²) in [6, 6.07) is 0. The minimum Gasteiger partial charge on any atom is -0.0922 e. The summed E-state index contributed by atoms with van der Waals surface area (Å²) in [6.45, 7) is 12.1. The summed E-state index contributed by atoms with van der Waals surface area (Å²) in [6.07, 6.45) is 4.22. The van der Waals surface area contributed by atoms with Crippen LogP contribution in [0.15, 0.2) is 0 Å². The van der Waals surface area contributed by atoms with Crippen molar-refractivity contribution in [3.63, 3.8) is 0 Å². The minimum atomic E-state index is 0.464. The maximum atomic E-state index is 3.66. The van der Waals surface area contributed by atoms with Gasteiger partial charge < -0.3 is 0 Å². The number of hydrogen-bond acceptors (Lipinski definition) is 0. The van der Waals surface area contributed by atoms with E-state index in [-0.39, 0.29) is 0 Å². The zero-order chi connectivity index (χ0) is 11.0. The van der Waals surface area contributed by atoms with Gasteiger partial charge in [0, 0.05) is 5.33 Å². The molecule has 0 spiro atoms. The van der Waals surface area contributed by atoms with E-state index in [9.17, 15) is 0 Å². The highest BCUT2D eigenvalue weighted by atomic mass is 79.9. The predicted molar refractivity (Wildman–Crippen MR) is 67.9 cm³/mol. The first-order chi connectivity index (χ1) is 6.27. The zero-order valence-electron chi connectivity index (χ0n) is 10.4. The lowest BCUT2D eigenvalue weighted by Crippen LogP contribution is -2.36. The summed E-state index contributed by atoms with van der Waals surface area (Å²) < 4.78 is 0. The van der Waals surface area contributed by atoms with Crippen LogP contribution in [0.4, 0.5) is 0 Å². The van der Waals surface area contributed by atoms with Gasteiger partial charge in [0.25, 0.3) is 0 Å². The van der Waals surface area contributed by atoms with Crippen molar-refractivity contribution >= 4 is 15.9 Å². The highest BCUT2D eigenvalue weighted by Crippen LogP contribution is 2.48. The molecule has 0 heterocycles. The van der Waals surface area contributed by atoms with Gasteiger partial charge in [0.15, 0.2) is 0 Å². The Hall–Kier alpha value is 0.480. The van der Waals surface area contributed by atoms with E-state index in [2.05, 4.69) is 50.5 Å². The molecular formula is C13H25Br. The van der Waals surface area contributed by atoms with Crippen LogP contribution in [0.2, 0.25) is 0 Å². The fourth-order valence-corrected chi connectivity index (χ4v) is 3.51. The van der Waals surface area contributed by atoms with E-state index >= 15 is 0 Å². The maximum absolute atomic E-state index is 3.66. The third-order valence-corrected chi connectivity index (χ3v) is 5.28. The van der Waals surface area contributed by atoms with E-state index in [0.29, 0.717) is 10.8 Å². The summed E-state index contributed by atoms with van der Waals surface area (Å²) in [5, 5.41) is 1.13. The largest absolute Gasteiger partial charge is 0.0922 e. The zero-order valence-corrected chi connectivity index (χ0v) is 11.9. The molecule has 0 nitrogen and oxygen atoms in total. The fourth-order valence-electron chi connectivity index (χ4n) is 3.05. The Morgan fingerprint density at radius 3 is 2.29 bits per heavy atom. The Morgan fingerprint density at radius 2 is 1.86 bits per heavy atom. The maximum Gasteiger partial charge on any atom is 0.00853 e. The fraction of sp³-hybridized carbons (Fsp3) is 1.00. The smallest absolute Gasteiger partial charge is 0.00853 e. The quantitative estimate of drug-likeness (QED) is 0.622. The molecule has 0 aliphatic heterocycles. The van der Waals surface area contributed by atoms with E-state index in [1.807, 2.05) is 0 Å². The lowest BCUT2D eigenvalue weighted by atomic mass is 9.61. The Morgan fingerprint density at radius 1 is 1.29 bits per heavy atom. The van der Waals surface area contributed by atoms with Crippen LogP contribution in [-0.2, 0) is 0 Å². The predicted octanol–water partition coefficient (Wildman–Crippen LogP) is 4.87. The van der Waals surface area contributed by atoms with Crippen molar-refractivity contribution in [3.8, 4) is 0 Å². The van der Waals surface area contributed by atoms with Gasteiger partial charge in [-0.05, 0) is 41.9 Å². The topological polar surface area (TPSA) is 0 Å². The number of rotatable bonds is 2. The average Bonchev–Trinajstić information content (AvgIpc) is 2.00. The highest BCUT2D eigenvalue weighted by molar-refractivity contribution is 9.09. The average molecular weight is 261 g/mol. The molecule has 1 saturated carbocycles. The molecule has 1 aliphatic carbocycles. The Bertz CT molecular complexity index is 193. The van der Waals surface area contributed by atoms with Gasteiger partial charge in [-0.25, -0.2) is 0 Å². The van der Waals surface area contributed by atoms with Gasteiger partial charge in [-0.1, -0.05) is 50.5 Å². The second kappa shape index (κ2) is 4.15. The van der Waals surface area contributed by atoms with Gasteiger partial charge in [-0.2, -0.15) is 0 Å². The van der Waals surface area contributed by atoms with Crippen LogP contribution in [0, 0.1) is 22.7 Å². The minimum absolute atomic E-state index is 0.464. The van der Waals surface area contributed by atoms with E-state index in [4.69, 9.17) is 0 Å². The molecule has 0 amide bonds. The molecule has 0 aromatic carbocycles. The van der Waals surface area contributed by atoms with Crippen molar-refractivity contribution in [1.29, 1.82) is 0 Å². The summed E-state index contributed by atoms with van der Waals surface area (Å²) in [7, 11) is 0. The monoisotopic (exact) mass is 260 g/mol. The first kappa shape index (κ1) is 12.5. The normalized spacial score (nSPS) is 33.0. The molecule has 0 N–H and O–H groups in total. The van der Waals surface area contributed by atoms with Gasteiger partial charge in [0.05, 0.1) is 0 Å². The first-order valence-electron chi connectivity index (χ1n) is 5.83. The van der Waals surface area contributed by atoms with Crippen molar-refractivity contribution in [2.45, 2.75) is 53.9 Å². The van der Waals surface area contributed by atoms with Gasteiger partial charge in [-0.3, -0.25) is 0 Å². The lowest BCUT2D eigenvalue weighted by molar-refractivity contribution is 0.0664. The molecular weight excluding hydrogens is 236 g/mol. The van der Waals surface area contributed by atoms with Crippen LogP contribution in [0.1, 0.15) is 53.9 Å². The van der Waals surface area contributed by atoms with Crippen molar-refractivity contribution in [1.82, 2.24) is 0 Å². The summed E-state index contributed by atoms with van der Waals surface area (Å²) in [4.78, 5) is 0.